The van der Waals surface area contributed by atoms with Gasteiger partial charge in [-0.15, -0.1) is 0 Å². The fourth-order valence-corrected chi connectivity index (χ4v) is 6.70. The maximum absolute atomic E-state index is 12.8. The molecule has 60 heavy (non-hydrogen) atoms. The van der Waals surface area contributed by atoms with Crippen LogP contribution >= 0.6 is 0 Å². The van der Waals surface area contributed by atoms with Gasteiger partial charge in [-0.1, -0.05) is 80.6 Å². The highest BCUT2D eigenvalue weighted by Gasteiger charge is 2.24. The Balaban J connectivity index is 0.918. The van der Waals surface area contributed by atoms with E-state index in [4.69, 9.17) is 28.4 Å². The van der Waals surface area contributed by atoms with E-state index in [0.29, 0.717) is 34.5 Å². The first-order chi connectivity index (χ1) is 29.0. The van der Waals surface area contributed by atoms with Crippen molar-refractivity contribution in [3.8, 4) is 68.2 Å². The minimum absolute atomic E-state index is 0.350. The summed E-state index contributed by atoms with van der Waals surface area (Å²) in [5.41, 5.74) is 7.58. The number of benzene rings is 7. The van der Waals surface area contributed by atoms with Crippen molar-refractivity contribution in [1.29, 1.82) is 0 Å². The molecule has 0 fully saturated rings. The number of aryl methyl sites for hydroxylation is 2. The van der Waals surface area contributed by atoms with Gasteiger partial charge >= 0.3 is 12.3 Å². The predicted molar refractivity (Wildman–Crippen MR) is 231 cm³/mol. The van der Waals surface area contributed by atoms with E-state index in [9.17, 15) is 9.59 Å². The highest BCUT2D eigenvalue weighted by atomic mass is 16.7. The Bertz CT molecular complexity index is 2590. The number of methoxy groups -OCH3 is 2. The van der Waals surface area contributed by atoms with Gasteiger partial charge in [-0.3, -0.25) is 0 Å². The monoisotopic (exact) mass is 800 g/mol. The Morgan fingerprint density at radius 2 is 0.833 bits per heavy atom. The standard InChI is InChI=1S/C51H44O9/c1-33-30-37(14-28-47(33)54-5)35-10-20-41(21-11-35)56-45-8-7-9-46(32-45)57-42-22-12-36(13-23-42)38-15-29-48(34(2)31-38)60-50(53)59-44-26-18-40(19-27-44)51(3,4)39-16-24-43(25-17-39)58-49(52)55-6/h7-32H,1-6H3. The molecule has 9 nitrogen and oxygen atoms in total. The van der Waals surface area contributed by atoms with Gasteiger partial charge in [-0.25, -0.2) is 9.59 Å². The second-order valence-corrected chi connectivity index (χ2v) is 14.6. The lowest BCUT2D eigenvalue weighted by molar-refractivity contribution is 0.121. The van der Waals surface area contributed by atoms with Crippen LogP contribution in [0.1, 0.15) is 36.1 Å². The normalized spacial score (nSPS) is 11.0. The number of hydrogen-bond donors (Lipinski definition) is 0. The molecular weight excluding hydrogens is 757 g/mol. The van der Waals surface area contributed by atoms with Crippen LogP contribution in [0, 0.1) is 13.8 Å². The fourth-order valence-electron chi connectivity index (χ4n) is 6.70. The van der Waals surface area contributed by atoms with Gasteiger partial charge in [0.15, 0.2) is 0 Å². The molecule has 0 aromatic heterocycles. The predicted octanol–water partition coefficient (Wildman–Crippen LogP) is 13.3. The number of carbonyl (C=O) groups excluding carboxylic acids is 2. The lowest BCUT2D eigenvalue weighted by Gasteiger charge is -2.26. The maximum Gasteiger partial charge on any atom is 0.519 e. The zero-order chi connectivity index (χ0) is 42.2. The first-order valence-corrected chi connectivity index (χ1v) is 19.3. The van der Waals surface area contributed by atoms with E-state index < -0.39 is 12.3 Å². The Labute approximate surface area is 349 Å². The smallest absolute Gasteiger partial charge is 0.496 e. The van der Waals surface area contributed by atoms with Crippen molar-refractivity contribution >= 4 is 12.3 Å². The van der Waals surface area contributed by atoms with Crippen LogP contribution in [-0.2, 0) is 10.2 Å². The summed E-state index contributed by atoms with van der Waals surface area (Å²) >= 11 is 0. The molecule has 0 aliphatic carbocycles. The van der Waals surface area contributed by atoms with E-state index in [1.165, 1.54) is 7.11 Å². The SMILES string of the molecule is COC(=O)Oc1ccc(C(C)(C)c2ccc(OC(=O)Oc3ccc(-c4ccc(Oc5cccc(Oc6ccc(-c7ccc(OC)c(C)c7)cc6)c5)cc4)cc3C)cc2)cc1. The van der Waals surface area contributed by atoms with Gasteiger partial charge in [0.25, 0.3) is 0 Å². The van der Waals surface area contributed by atoms with Crippen LogP contribution in [0.25, 0.3) is 22.3 Å². The van der Waals surface area contributed by atoms with Crippen molar-refractivity contribution in [2.45, 2.75) is 33.1 Å². The number of hydrogen-bond acceptors (Lipinski definition) is 9. The Morgan fingerprint density at radius 1 is 0.417 bits per heavy atom. The minimum atomic E-state index is -0.840. The van der Waals surface area contributed by atoms with Gasteiger partial charge in [0, 0.05) is 11.5 Å². The van der Waals surface area contributed by atoms with Gasteiger partial charge < -0.3 is 33.2 Å². The first kappa shape index (κ1) is 40.7. The van der Waals surface area contributed by atoms with Crippen molar-refractivity contribution in [3.05, 3.63) is 180 Å². The molecule has 7 rings (SSSR count). The molecule has 302 valence electrons. The first-order valence-electron chi connectivity index (χ1n) is 19.3. The summed E-state index contributed by atoms with van der Waals surface area (Å²) in [6, 6.07) is 49.5. The lowest BCUT2D eigenvalue weighted by Crippen LogP contribution is -2.19. The molecule has 0 radical (unpaired) electrons. The second kappa shape index (κ2) is 18.0. The van der Waals surface area contributed by atoms with Crippen molar-refractivity contribution < 1.29 is 42.7 Å². The molecule has 7 aromatic carbocycles. The van der Waals surface area contributed by atoms with Gasteiger partial charge in [0.1, 0.15) is 46.0 Å². The van der Waals surface area contributed by atoms with E-state index in [-0.39, 0.29) is 5.41 Å². The quantitative estimate of drug-likeness (QED) is 0.0883. The van der Waals surface area contributed by atoms with Crippen molar-refractivity contribution in [2.24, 2.45) is 0 Å². The minimum Gasteiger partial charge on any atom is -0.496 e. The van der Waals surface area contributed by atoms with Crippen LogP contribution in [0.4, 0.5) is 9.59 Å². The van der Waals surface area contributed by atoms with Crippen molar-refractivity contribution in [2.75, 3.05) is 14.2 Å². The molecule has 0 heterocycles. The summed E-state index contributed by atoms with van der Waals surface area (Å²) in [7, 11) is 2.94. The van der Waals surface area contributed by atoms with E-state index in [2.05, 4.69) is 24.7 Å². The summed E-state index contributed by atoms with van der Waals surface area (Å²) in [6.45, 7) is 8.06. The van der Waals surface area contributed by atoms with E-state index in [1.807, 2.05) is 135 Å². The number of carbonyl (C=O) groups is 2. The van der Waals surface area contributed by atoms with Gasteiger partial charge in [0.05, 0.1) is 14.2 Å². The van der Waals surface area contributed by atoms with Crippen LogP contribution in [0.2, 0.25) is 0 Å². The van der Waals surface area contributed by atoms with Crippen molar-refractivity contribution in [3.63, 3.8) is 0 Å². The highest BCUT2D eigenvalue weighted by Crippen LogP contribution is 2.35. The van der Waals surface area contributed by atoms with Crippen LogP contribution < -0.4 is 28.4 Å². The number of ether oxygens (including phenoxy) is 7. The summed E-state index contributed by atoms with van der Waals surface area (Å²) in [5.74, 6) is 4.69. The molecule has 0 atom stereocenters. The second-order valence-electron chi connectivity index (χ2n) is 14.6. The third kappa shape index (κ3) is 9.77. The summed E-state index contributed by atoms with van der Waals surface area (Å²) in [4.78, 5) is 24.2. The van der Waals surface area contributed by atoms with E-state index >= 15 is 0 Å². The topological polar surface area (TPSA) is 98.8 Å². The zero-order valence-corrected chi connectivity index (χ0v) is 34.2. The molecule has 0 aliphatic rings. The average molecular weight is 801 g/mol. The molecule has 7 aromatic rings. The zero-order valence-electron chi connectivity index (χ0n) is 34.2. The average Bonchev–Trinajstić information content (AvgIpc) is 3.25. The molecule has 0 unspecified atom stereocenters. The molecule has 0 amide bonds. The molecule has 9 heteroatoms. The molecular formula is C51H44O9. The molecule has 0 spiro atoms. The van der Waals surface area contributed by atoms with Crippen LogP contribution in [-0.4, -0.2) is 26.5 Å². The van der Waals surface area contributed by atoms with E-state index in [0.717, 1.165) is 56.0 Å². The molecule has 0 aliphatic heterocycles. The summed E-state index contributed by atoms with van der Waals surface area (Å²) in [5, 5.41) is 0. The number of rotatable bonds is 12. The molecule has 0 bridgehead atoms. The fraction of sp³-hybridized carbons (Fsp3) is 0.137. The van der Waals surface area contributed by atoms with Gasteiger partial charge in [0.2, 0.25) is 0 Å². The maximum atomic E-state index is 12.8. The lowest BCUT2D eigenvalue weighted by atomic mass is 9.78. The van der Waals surface area contributed by atoms with Crippen LogP contribution in [0.15, 0.2) is 158 Å². The molecule has 0 saturated heterocycles. The summed E-state index contributed by atoms with van der Waals surface area (Å²) < 4.78 is 38.4. The Hall–Kier alpha value is -7.52. The van der Waals surface area contributed by atoms with Gasteiger partial charge in [-0.2, -0.15) is 0 Å². The Morgan fingerprint density at radius 3 is 1.27 bits per heavy atom. The third-order valence-electron chi connectivity index (χ3n) is 10.1. The third-order valence-corrected chi connectivity index (χ3v) is 10.1. The van der Waals surface area contributed by atoms with Crippen LogP contribution in [0.3, 0.4) is 0 Å². The Kier molecular flexibility index (Phi) is 12.2. The van der Waals surface area contributed by atoms with Crippen molar-refractivity contribution in [1.82, 2.24) is 0 Å². The molecule has 0 saturated carbocycles. The highest BCUT2D eigenvalue weighted by molar-refractivity contribution is 5.71. The van der Waals surface area contributed by atoms with E-state index in [1.54, 1.807) is 37.4 Å². The molecule has 0 N–H and O–H groups in total. The van der Waals surface area contributed by atoms with Gasteiger partial charge in [-0.05, 0) is 143 Å². The van der Waals surface area contributed by atoms with Crippen LogP contribution in [0.5, 0.6) is 46.0 Å². The summed E-state index contributed by atoms with van der Waals surface area (Å²) in [6.07, 6.45) is -1.62. The largest absolute Gasteiger partial charge is 0.519 e.